The van der Waals surface area contributed by atoms with Gasteiger partial charge in [0.2, 0.25) is 0 Å². The molecule has 2 rings (SSSR count). The number of nitrogens with zero attached hydrogens (tertiary/aromatic N) is 1. The highest BCUT2D eigenvalue weighted by Crippen LogP contribution is 2.36. The highest BCUT2D eigenvalue weighted by Gasteiger charge is 2.34. The van der Waals surface area contributed by atoms with Crippen molar-refractivity contribution in [1.29, 1.82) is 0 Å². The predicted molar refractivity (Wildman–Crippen MR) is 92.4 cm³/mol. The molecule has 22 heavy (non-hydrogen) atoms. The van der Waals surface area contributed by atoms with Gasteiger partial charge in [-0.1, -0.05) is 49.4 Å². The molecule has 3 heteroatoms. The number of rotatable bonds is 7. The van der Waals surface area contributed by atoms with Crippen LogP contribution in [-0.2, 0) is 6.42 Å². The van der Waals surface area contributed by atoms with E-state index in [9.17, 15) is 5.11 Å². The van der Waals surface area contributed by atoms with E-state index in [1.54, 1.807) is 0 Å². The summed E-state index contributed by atoms with van der Waals surface area (Å²) in [6, 6.07) is 10.5. The van der Waals surface area contributed by atoms with Gasteiger partial charge in [-0.15, -0.1) is 0 Å². The lowest BCUT2D eigenvalue weighted by Crippen LogP contribution is -2.47. The molecule has 0 aliphatic heterocycles. The molecule has 3 nitrogen and oxygen atoms in total. The number of aliphatic hydroxyl groups excluding tert-OH is 1. The van der Waals surface area contributed by atoms with Gasteiger partial charge in [0.05, 0.1) is 12.6 Å². The van der Waals surface area contributed by atoms with E-state index in [1.807, 2.05) is 6.07 Å². The molecule has 3 N–H and O–H groups in total. The predicted octanol–water partition coefficient (Wildman–Crippen LogP) is 2.72. The summed E-state index contributed by atoms with van der Waals surface area (Å²) in [6.07, 6.45) is 8.48. The Morgan fingerprint density at radius 2 is 2.00 bits per heavy atom. The Bertz CT molecular complexity index is 523. The monoisotopic (exact) mass is 300 g/mol. The Hall–Kier alpha value is -1.58. The molecule has 1 aliphatic rings. The second-order valence-corrected chi connectivity index (χ2v) is 6.22. The number of hydrogen-bond acceptors (Lipinski definition) is 3. The van der Waals surface area contributed by atoms with Gasteiger partial charge >= 0.3 is 0 Å². The quantitative estimate of drug-likeness (QED) is 0.814. The molecule has 120 valence electrons. The smallest absolute Gasteiger partial charge is 0.0606 e. The molecule has 2 atom stereocenters. The summed E-state index contributed by atoms with van der Waals surface area (Å²) in [4.78, 5) is 2.18. The molecule has 1 aromatic carbocycles. The lowest BCUT2D eigenvalue weighted by molar-refractivity contribution is 0.205. The Kier molecular flexibility index (Phi) is 5.81. The number of hydrogen-bond donors (Lipinski definition) is 2. The van der Waals surface area contributed by atoms with Crippen molar-refractivity contribution in [3.63, 3.8) is 0 Å². The first-order valence-corrected chi connectivity index (χ1v) is 8.15. The molecule has 0 saturated carbocycles. The first-order chi connectivity index (χ1) is 10.6. The summed E-state index contributed by atoms with van der Waals surface area (Å²) in [6.45, 7) is 5.99. The summed E-state index contributed by atoms with van der Waals surface area (Å²) < 4.78 is 0. The van der Waals surface area contributed by atoms with E-state index < -0.39 is 0 Å². The van der Waals surface area contributed by atoms with Crippen molar-refractivity contribution in [2.45, 2.75) is 32.7 Å². The topological polar surface area (TPSA) is 49.5 Å². The number of aliphatic hydroxyl groups is 1. The average molecular weight is 300 g/mol. The van der Waals surface area contributed by atoms with Crippen LogP contribution in [0.5, 0.6) is 0 Å². The van der Waals surface area contributed by atoms with Crippen LogP contribution < -0.4 is 5.73 Å². The number of nitrogens with two attached hydrogens (primary N) is 1. The Morgan fingerprint density at radius 3 is 2.64 bits per heavy atom. The largest absolute Gasteiger partial charge is 0.395 e. The van der Waals surface area contributed by atoms with Crippen molar-refractivity contribution >= 4 is 0 Å². The molecule has 0 saturated heterocycles. The van der Waals surface area contributed by atoms with Gasteiger partial charge in [-0.3, -0.25) is 0 Å². The molecule has 0 radical (unpaired) electrons. The zero-order chi connectivity index (χ0) is 16.0. The third-order valence-corrected chi connectivity index (χ3v) is 4.69. The zero-order valence-corrected chi connectivity index (χ0v) is 13.7. The van der Waals surface area contributed by atoms with Crippen molar-refractivity contribution in [1.82, 2.24) is 4.90 Å². The van der Waals surface area contributed by atoms with Crippen LogP contribution in [0.15, 0.2) is 54.3 Å². The number of aryl methyl sites for hydroxylation is 1. The van der Waals surface area contributed by atoms with E-state index in [0.29, 0.717) is 6.54 Å². The molecule has 0 bridgehead atoms. The molecule has 2 unspecified atom stereocenters. The number of benzene rings is 1. The molecule has 0 fully saturated rings. The standard InChI is InChI=1S/C19H28N2O/c1-3-21(14-15-22)17-10-7-12-19(2,18(17)20)13-11-16-8-5-4-6-9-16/h4-10,12,18,22H,3,11,13-15,20H2,1-2H3. The lowest BCUT2D eigenvalue weighted by atomic mass is 9.73. The maximum Gasteiger partial charge on any atom is 0.0606 e. The van der Waals surface area contributed by atoms with Gasteiger partial charge in [-0.25, -0.2) is 0 Å². The van der Waals surface area contributed by atoms with Crippen molar-refractivity contribution in [3.8, 4) is 0 Å². The van der Waals surface area contributed by atoms with E-state index in [4.69, 9.17) is 5.73 Å². The second kappa shape index (κ2) is 7.61. The minimum absolute atomic E-state index is 0.0345. The maximum atomic E-state index is 9.24. The van der Waals surface area contributed by atoms with Gasteiger partial charge in [0, 0.05) is 24.2 Å². The molecule has 1 aromatic rings. The zero-order valence-electron chi connectivity index (χ0n) is 13.7. The SMILES string of the molecule is CCN(CCO)C1=CC=CC(C)(CCc2ccccc2)C1N. The van der Waals surface area contributed by atoms with Crippen molar-refractivity contribution in [2.24, 2.45) is 11.1 Å². The van der Waals surface area contributed by atoms with Gasteiger partial charge in [-0.2, -0.15) is 0 Å². The van der Waals surface area contributed by atoms with Gasteiger partial charge in [0.25, 0.3) is 0 Å². The molecule has 0 heterocycles. The molecule has 0 aromatic heterocycles. The van der Waals surface area contributed by atoms with Crippen LogP contribution in [0.1, 0.15) is 25.8 Å². The molecule has 0 amide bonds. The van der Waals surface area contributed by atoms with Crippen molar-refractivity contribution in [2.75, 3.05) is 19.7 Å². The maximum absolute atomic E-state index is 9.24. The van der Waals surface area contributed by atoms with E-state index in [0.717, 1.165) is 25.1 Å². The van der Waals surface area contributed by atoms with E-state index in [-0.39, 0.29) is 18.1 Å². The highest BCUT2D eigenvalue weighted by atomic mass is 16.3. The fraction of sp³-hybridized carbons (Fsp3) is 0.474. The molecular weight excluding hydrogens is 272 g/mol. The number of likely N-dealkylation sites (N-methyl/N-ethyl adjacent to an activating group) is 1. The van der Waals surface area contributed by atoms with Gasteiger partial charge in [0.15, 0.2) is 0 Å². The van der Waals surface area contributed by atoms with Crippen LogP contribution in [0.2, 0.25) is 0 Å². The fourth-order valence-electron chi connectivity index (χ4n) is 3.10. The van der Waals surface area contributed by atoms with E-state index in [2.05, 4.69) is 61.2 Å². The molecule has 1 aliphatic carbocycles. The van der Waals surface area contributed by atoms with Crippen LogP contribution in [0, 0.1) is 5.41 Å². The fourth-order valence-corrected chi connectivity index (χ4v) is 3.10. The lowest BCUT2D eigenvalue weighted by Gasteiger charge is -2.41. The van der Waals surface area contributed by atoms with Crippen LogP contribution in [0.25, 0.3) is 0 Å². The summed E-state index contributed by atoms with van der Waals surface area (Å²) >= 11 is 0. The summed E-state index contributed by atoms with van der Waals surface area (Å²) in [5.41, 5.74) is 9.02. The summed E-state index contributed by atoms with van der Waals surface area (Å²) in [7, 11) is 0. The second-order valence-electron chi connectivity index (χ2n) is 6.22. The average Bonchev–Trinajstić information content (AvgIpc) is 2.55. The van der Waals surface area contributed by atoms with E-state index >= 15 is 0 Å². The first kappa shape index (κ1) is 16.8. The third-order valence-electron chi connectivity index (χ3n) is 4.69. The molecular formula is C19H28N2O. The number of allylic oxidation sites excluding steroid dienone is 2. The van der Waals surface area contributed by atoms with Gasteiger partial charge in [-0.05, 0) is 31.4 Å². The third kappa shape index (κ3) is 3.79. The van der Waals surface area contributed by atoms with Crippen LogP contribution in [0.4, 0.5) is 0 Å². The first-order valence-electron chi connectivity index (χ1n) is 8.15. The normalized spacial score (nSPS) is 24.2. The minimum atomic E-state index is -0.0528. The van der Waals surface area contributed by atoms with Crippen molar-refractivity contribution < 1.29 is 5.11 Å². The van der Waals surface area contributed by atoms with E-state index in [1.165, 1.54) is 5.56 Å². The molecule has 0 spiro atoms. The highest BCUT2D eigenvalue weighted by molar-refractivity contribution is 5.29. The van der Waals surface area contributed by atoms with Crippen molar-refractivity contribution in [3.05, 3.63) is 59.8 Å². The Morgan fingerprint density at radius 1 is 1.27 bits per heavy atom. The van der Waals surface area contributed by atoms with Crippen LogP contribution in [-0.4, -0.2) is 35.7 Å². The van der Waals surface area contributed by atoms with Gasteiger partial charge in [0.1, 0.15) is 0 Å². The summed E-state index contributed by atoms with van der Waals surface area (Å²) in [5, 5.41) is 9.24. The Balaban J connectivity index is 2.08. The Labute approximate surface area is 134 Å². The van der Waals surface area contributed by atoms with Crippen LogP contribution in [0.3, 0.4) is 0 Å². The summed E-state index contributed by atoms with van der Waals surface area (Å²) in [5.74, 6) is 0. The van der Waals surface area contributed by atoms with Gasteiger partial charge < -0.3 is 15.7 Å². The minimum Gasteiger partial charge on any atom is -0.395 e. The van der Waals surface area contributed by atoms with Crippen LogP contribution >= 0.6 is 0 Å².